The number of halogens is 1. The average Bonchev–Trinajstić information content (AvgIpc) is 2.16. The molecule has 1 fully saturated rings. The summed E-state index contributed by atoms with van der Waals surface area (Å²) in [7, 11) is 0. The van der Waals surface area contributed by atoms with E-state index in [9.17, 15) is 0 Å². The van der Waals surface area contributed by atoms with Gasteiger partial charge in [-0.2, -0.15) is 0 Å². The van der Waals surface area contributed by atoms with Crippen molar-refractivity contribution < 1.29 is 0 Å². The molecule has 0 radical (unpaired) electrons. The Morgan fingerprint density at radius 3 is 2.67 bits per heavy atom. The molecular formula is C12H17BrN2. The van der Waals surface area contributed by atoms with E-state index in [0.29, 0.717) is 12.0 Å². The molecule has 0 bridgehead atoms. The quantitative estimate of drug-likeness (QED) is 0.653. The fourth-order valence-corrected chi connectivity index (χ4v) is 2.48. The van der Waals surface area contributed by atoms with Crippen molar-refractivity contribution in [3.63, 3.8) is 0 Å². The Bertz CT molecular complexity index is 347. The summed E-state index contributed by atoms with van der Waals surface area (Å²) in [5.41, 5.74) is 5.50. The number of hydrogen-bond donors (Lipinski definition) is 2. The molecule has 1 aromatic rings. The van der Waals surface area contributed by atoms with Gasteiger partial charge in [-0.1, -0.05) is 34.5 Å². The number of rotatable bonds is 3. The van der Waals surface area contributed by atoms with Crippen LogP contribution in [0.1, 0.15) is 36.4 Å². The van der Waals surface area contributed by atoms with Gasteiger partial charge in [0, 0.05) is 10.5 Å². The molecule has 1 saturated carbocycles. The van der Waals surface area contributed by atoms with E-state index in [0.717, 1.165) is 0 Å². The Balaban J connectivity index is 2.21. The molecule has 3 N–H and O–H groups in total. The zero-order valence-electron chi connectivity index (χ0n) is 8.96. The van der Waals surface area contributed by atoms with Crippen LogP contribution < -0.4 is 11.3 Å². The summed E-state index contributed by atoms with van der Waals surface area (Å²) < 4.78 is 1.17. The van der Waals surface area contributed by atoms with E-state index in [1.165, 1.54) is 34.9 Å². The predicted molar refractivity (Wildman–Crippen MR) is 66.3 cm³/mol. The number of aryl methyl sites for hydroxylation is 1. The van der Waals surface area contributed by atoms with Gasteiger partial charge in [0.25, 0.3) is 0 Å². The van der Waals surface area contributed by atoms with Crippen LogP contribution in [0.2, 0.25) is 0 Å². The third-order valence-electron chi connectivity index (χ3n) is 3.36. The fraction of sp³-hybridized carbons (Fsp3) is 0.500. The van der Waals surface area contributed by atoms with Crippen LogP contribution in [0.25, 0.3) is 0 Å². The van der Waals surface area contributed by atoms with E-state index in [2.05, 4.69) is 46.5 Å². The van der Waals surface area contributed by atoms with Crippen molar-refractivity contribution in [1.29, 1.82) is 0 Å². The lowest BCUT2D eigenvalue weighted by atomic mass is 9.77. The molecule has 1 aliphatic rings. The molecule has 82 valence electrons. The standard InChI is InChI=1S/C12H17BrN2/c1-8-5-6-10(7-11(8)13)12(15-14)9-3-2-4-9/h5-7,9,12,15H,2-4,14H2,1H3. The van der Waals surface area contributed by atoms with Crippen LogP contribution in [0.4, 0.5) is 0 Å². The highest BCUT2D eigenvalue weighted by Gasteiger charge is 2.27. The van der Waals surface area contributed by atoms with Crippen molar-refractivity contribution in [2.45, 2.75) is 32.2 Å². The van der Waals surface area contributed by atoms with Gasteiger partial charge >= 0.3 is 0 Å². The maximum atomic E-state index is 5.64. The topological polar surface area (TPSA) is 38.0 Å². The van der Waals surface area contributed by atoms with Crippen molar-refractivity contribution in [3.05, 3.63) is 33.8 Å². The monoisotopic (exact) mass is 268 g/mol. The summed E-state index contributed by atoms with van der Waals surface area (Å²) in [6.07, 6.45) is 3.93. The zero-order valence-corrected chi connectivity index (χ0v) is 10.5. The van der Waals surface area contributed by atoms with Crippen molar-refractivity contribution in [3.8, 4) is 0 Å². The van der Waals surface area contributed by atoms with Gasteiger partial charge < -0.3 is 0 Å². The maximum absolute atomic E-state index is 5.64. The number of nitrogens with one attached hydrogen (secondary N) is 1. The van der Waals surface area contributed by atoms with Gasteiger partial charge in [0.1, 0.15) is 0 Å². The number of benzene rings is 1. The second-order valence-electron chi connectivity index (χ2n) is 4.34. The molecule has 0 amide bonds. The van der Waals surface area contributed by atoms with Crippen LogP contribution in [0.15, 0.2) is 22.7 Å². The Morgan fingerprint density at radius 1 is 1.47 bits per heavy atom. The van der Waals surface area contributed by atoms with Gasteiger partial charge in [-0.25, -0.2) is 0 Å². The third-order valence-corrected chi connectivity index (χ3v) is 4.21. The van der Waals surface area contributed by atoms with Gasteiger partial charge in [-0.3, -0.25) is 11.3 Å². The first-order valence-electron chi connectivity index (χ1n) is 5.44. The highest BCUT2D eigenvalue weighted by atomic mass is 79.9. The van der Waals surface area contributed by atoms with E-state index >= 15 is 0 Å². The molecule has 1 aliphatic carbocycles. The largest absolute Gasteiger partial charge is 0.271 e. The Hall–Kier alpha value is -0.380. The van der Waals surface area contributed by atoms with Crippen LogP contribution in [0.5, 0.6) is 0 Å². The Kier molecular flexibility index (Phi) is 3.44. The fourth-order valence-electron chi connectivity index (χ4n) is 2.08. The minimum absolute atomic E-state index is 0.315. The first-order valence-corrected chi connectivity index (χ1v) is 6.24. The average molecular weight is 269 g/mol. The Labute approximate surface area is 99.3 Å². The highest BCUT2D eigenvalue weighted by Crippen LogP contribution is 2.38. The van der Waals surface area contributed by atoms with E-state index in [1.807, 2.05) is 0 Å². The molecule has 2 nitrogen and oxygen atoms in total. The van der Waals surface area contributed by atoms with Gasteiger partial charge in [0.15, 0.2) is 0 Å². The van der Waals surface area contributed by atoms with Crippen LogP contribution in [0.3, 0.4) is 0 Å². The first-order chi connectivity index (χ1) is 7.22. The summed E-state index contributed by atoms with van der Waals surface area (Å²) in [6.45, 7) is 2.10. The van der Waals surface area contributed by atoms with Gasteiger partial charge in [0.2, 0.25) is 0 Å². The molecule has 1 aromatic carbocycles. The first kappa shape index (κ1) is 11.1. The lowest BCUT2D eigenvalue weighted by Gasteiger charge is -2.33. The van der Waals surface area contributed by atoms with Crippen LogP contribution in [-0.2, 0) is 0 Å². The zero-order chi connectivity index (χ0) is 10.8. The third kappa shape index (κ3) is 2.25. The molecule has 1 unspecified atom stereocenters. The summed E-state index contributed by atoms with van der Waals surface area (Å²) in [4.78, 5) is 0. The number of hydrazine groups is 1. The predicted octanol–water partition coefficient (Wildman–Crippen LogP) is 3.06. The van der Waals surface area contributed by atoms with Crippen molar-refractivity contribution in [2.75, 3.05) is 0 Å². The molecule has 0 heterocycles. The van der Waals surface area contributed by atoms with E-state index in [4.69, 9.17) is 5.84 Å². The SMILES string of the molecule is Cc1ccc(C(NN)C2CCC2)cc1Br. The molecule has 0 saturated heterocycles. The molecule has 0 aliphatic heterocycles. The normalized spacial score (nSPS) is 18.6. The van der Waals surface area contributed by atoms with Crippen molar-refractivity contribution >= 4 is 15.9 Å². The van der Waals surface area contributed by atoms with E-state index < -0.39 is 0 Å². The molecule has 0 aromatic heterocycles. The van der Waals surface area contributed by atoms with Gasteiger partial charge in [-0.15, -0.1) is 0 Å². The number of nitrogens with two attached hydrogens (primary N) is 1. The summed E-state index contributed by atoms with van der Waals surface area (Å²) >= 11 is 3.56. The lowest BCUT2D eigenvalue weighted by molar-refractivity contribution is 0.232. The van der Waals surface area contributed by atoms with Gasteiger partial charge in [-0.05, 0) is 42.9 Å². The van der Waals surface area contributed by atoms with Crippen molar-refractivity contribution in [1.82, 2.24) is 5.43 Å². The lowest BCUT2D eigenvalue weighted by Crippen LogP contribution is -2.36. The minimum atomic E-state index is 0.315. The van der Waals surface area contributed by atoms with E-state index in [-0.39, 0.29) is 0 Å². The highest BCUT2D eigenvalue weighted by molar-refractivity contribution is 9.10. The van der Waals surface area contributed by atoms with Crippen LogP contribution in [0, 0.1) is 12.8 Å². The maximum Gasteiger partial charge on any atom is 0.0488 e. The Morgan fingerprint density at radius 2 is 2.20 bits per heavy atom. The van der Waals surface area contributed by atoms with E-state index in [1.54, 1.807) is 0 Å². The summed E-state index contributed by atoms with van der Waals surface area (Å²) in [6, 6.07) is 6.81. The molecule has 15 heavy (non-hydrogen) atoms. The summed E-state index contributed by atoms with van der Waals surface area (Å²) in [5.74, 6) is 6.35. The van der Waals surface area contributed by atoms with Gasteiger partial charge in [0.05, 0.1) is 0 Å². The molecular weight excluding hydrogens is 252 g/mol. The second-order valence-corrected chi connectivity index (χ2v) is 5.20. The van der Waals surface area contributed by atoms with Crippen molar-refractivity contribution in [2.24, 2.45) is 11.8 Å². The minimum Gasteiger partial charge on any atom is -0.271 e. The molecule has 2 rings (SSSR count). The smallest absolute Gasteiger partial charge is 0.0488 e. The molecule has 3 heteroatoms. The van der Waals surface area contributed by atoms with Crippen LogP contribution in [-0.4, -0.2) is 0 Å². The molecule has 0 spiro atoms. The molecule has 1 atom stereocenters. The number of hydrogen-bond acceptors (Lipinski definition) is 2. The summed E-state index contributed by atoms with van der Waals surface area (Å²) in [5, 5.41) is 0. The second kappa shape index (κ2) is 4.64. The van der Waals surface area contributed by atoms with Crippen LogP contribution >= 0.6 is 15.9 Å².